The van der Waals surface area contributed by atoms with E-state index in [4.69, 9.17) is 14.7 Å². The zero-order valence-electron chi connectivity index (χ0n) is 17.8. The molecule has 0 aliphatic carbocycles. The standard InChI is InChI=1S/C26H22F2N2O3/c27-21-7-10-25(24(28)15-21)33-23-11-13-30(14-12-23)26(31)18-5-8-22(9-6-18)32-17-20-4-2-1-3-19(20)16-29/h1-10,15,23H,11-14,17H2. The zero-order valence-corrected chi connectivity index (χ0v) is 17.8. The van der Waals surface area contributed by atoms with Gasteiger partial charge in [-0.2, -0.15) is 5.26 Å². The van der Waals surface area contributed by atoms with Crippen LogP contribution in [0.3, 0.4) is 0 Å². The largest absolute Gasteiger partial charge is 0.489 e. The highest BCUT2D eigenvalue weighted by Gasteiger charge is 2.25. The summed E-state index contributed by atoms with van der Waals surface area (Å²) in [6, 6.07) is 19.5. The maximum absolute atomic E-state index is 13.8. The molecule has 1 aliphatic rings. The number of carbonyl (C=O) groups is 1. The summed E-state index contributed by atoms with van der Waals surface area (Å²) >= 11 is 0. The fourth-order valence-electron chi connectivity index (χ4n) is 3.72. The first-order valence-corrected chi connectivity index (χ1v) is 10.7. The number of carbonyl (C=O) groups excluding carboxylic acids is 1. The summed E-state index contributed by atoms with van der Waals surface area (Å²) in [5, 5.41) is 9.16. The number of piperidine rings is 1. The molecule has 0 saturated carbocycles. The lowest BCUT2D eigenvalue weighted by atomic mass is 10.1. The number of hydrogen-bond acceptors (Lipinski definition) is 4. The number of amides is 1. The highest BCUT2D eigenvalue weighted by atomic mass is 19.1. The van der Waals surface area contributed by atoms with Crippen molar-refractivity contribution in [2.75, 3.05) is 13.1 Å². The lowest BCUT2D eigenvalue weighted by Gasteiger charge is -2.32. The smallest absolute Gasteiger partial charge is 0.253 e. The van der Waals surface area contributed by atoms with Crippen LogP contribution in [0.4, 0.5) is 8.78 Å². The normalized spacial score (nSPS) is 13.9. The first-order valence-electron chi connectivity index (χ1n) is 10.7. The van der Waals surface area contributed by atoms with Gasteiger partial charge < -0.3 is 14.4 Å². The molecule has 0 radical (unpaired) electrons. The summed E-state index contributed by atoms with van der Waals surface area (Å²) in [6.07, 6.45) is 0.880. The molecule has 168 valence electrons. The second-order valence-electron chi connectivity index (χ2n) is 7.77. The molecule has 7 heteroatoms. The molecule has 33 heavy (non-hydrogen) atoms. The molecule has 0 bridgehead atoms. The van der Waals surface area contributed by atoms with E-state index in [-0.39, 0.29) is 24.4 Å². The maximum atomic E-state index is 13.8. The van der Waals surface area contributed by atoms with E-state index in [1.165, 1.54) is 6.07 Å². The van der Waals surface area contributed by atoms with Crippen molar-refractivity contribution in [3.8, 4) is 17.6 Å². The Morgan fingerprint density at radius 1 is 1.03 bits per heavy atom. The number of likely N-dealkylation sites (tertiary alicyclic amines) is 1. The molecule has 1 fully saturated rings. The third-order valence-corrected chi connectivity index (χ3v) is 5.55. The van der Waals surface area contributed by atoms with Crippen LogP contribution in [0.5, 0.6) is 11.5 Å². The van der Waals surface area contributed by atoms with Crippen molar-refractivity contribution < 1.29 is 23.0 Å². The van der Waals surface area contributed by atoms with E-state index in [1.807, 2.05) is 12.1 Å². The summed E-state index contributed by atoms with van der Waals surface area (Å²) in [4.78, 5) is 14.6. The van der Waals surface area contributed by atoms with Crippen LogP contribution in [0.15, 0.2) is 66.7 Å². The molecule has 0 atom stereocenters. The molecule has 1 amide bonds. The number of nitrogens with zero attached hydrogens (tertiary/aromatic N) is 2. The van der Waals surface area contributed by atoms with Gasteiger partial charge in [0, 0.05) is 43.1 Å². The third-order valence-electron chi connectivity index (χ3n) is 5.55. The lowest BCUT2D eigenvalue weighted by molar-refractivity contribution is 0.0588. The van der Waals surface area contributed by atoms with E-state index < -0.39 is 11.6 Å². The fraction of sp³-hybridized carbons (Fsp3) is 0.231. The molecular formula is C26H22F2N2O3. The number of halogens is 2. The minimum absolute atomic E-state index is 0.0224. The van der Waals surface area contributed by atoms with Crippen LogP contribution < -0.4 is 9.47 Å². The van der Waals surface area contributed by atoms with Crippen LogP contribution in [0.25, 0.3) is 0 Å². The van der Waals surface area contributed by atoms with E-state index in [0.29, 0.717) is 42.8 Å². The SMILES string of the molecule is N#Cc1ccccc1COc1ccc(C(=O)N2CCC(Oc3ccc(F)cc3F)CC2)cc1. The average molecular weight is 448 g/mol. The quantitative estimate of drug-likeness (QED) is 0.527. The Balaban J connectivity index is 1.29. The van der Waals surface area contributed by atoms with Crippen LogP contribution >= 0.6 is 0 Å². The molecule has 0 N–H and O–H groups in total. The molecule has 0 unspecified atom stereocenters. The molecule has 0 aromatic heterocycles. The molecule has 1 aliphatic heterocycles. The van der Waals surface area contributed by atoms with Crippen LogP contribution in [0, 0.1) is 23.0 Å². The predicted molar refractivity (Wildman–Crippen MR) is 118 cm³/mol. The van der Waals surface area contributed by atoms with Gasteiger partial charge in [-0.1, -0.05) is 18.2 Å². The molecule has 3 aromatic rings. The monoisotopic (exact) mass is 448 g/mol. The van der Waals surface area contributed by atoms with Gasteiger partial charge in [0.2, 0.25) is 0 Å². The number of rotatable bonds is 6. The Morgan fingerprint density at radius 3 is 2.45 bits per heavy atom. The average Bonchev–Trinajstić information content (AvgIpc) is 2.85. The summed E-state index contributed by atoms with van der Waals surface area (Å²) in [5.41, 5.74) is 1.91. The summed E-state index contributed by atoms with van der Waals surface area (Å²) in [7, 11) is 0. The number of hydrogen-bond donors (Lipinski definition) is 0. The second-order valence-corrected chi connectivity index (χ2v) is 7.77. The molecule has 4 rings (SSSR count). The molecule has 1 heterocycles. The van der Waals surface area contributed by atoms with E-state index in [1.54, 1.807) is 41.3 Å². The van der Waals surface area contributed by atoms with Gasteiger partial charge in [-0.25, -0.2) is 8.78 Å². The maximum Gasteiger partial charge on any atom is 0.253 e. The molecule has 5 nitrogen and oxygen atoms in total. The lowest BCUT2D eigenvalue weighted by Crippen LogP contribution is -2.41. The Kier molecular flexibility index (Phi) is 6.84. The first kappa shape index (κ1) is 22.3. The van der Waals surface area contributed by atoms with Crippen LogP contribution in [-0.2, 0) is 6.61 Å². The number of ether oxygens (including phenoxy) is 2. The number of nitriles is 1. The van der Waals surface area contributed by atoms with Gasteiger partial charge in [-0.05, 0) is 42.5 Å². The van der Waals surface area contributed by atoms with E-state index >= 15 is 0 Å². The van der Waals surface area contributed by atoms with Gasteiger partial charge in [0.05, 0.1) is 11.6 Å². The second kappa shape index (κ2) is 10.1. The predicted octanol–water partition coefficient (Wildman–Crippen LogP) is 5.10. The van der Waals surface area contributed by atoms with Crippen molar-refractivity contribution in [2.45, 2.75) is 25.6 Å². The van der Waals surface area contributed by atoms with Crippen molar-refractivity contribution in [3.05, 3.63) is 95.1 Å². The van der Waals surface area contributed by atoms with E-state index in [0.717, 1.165) is 17.7 Å². The summed E-state index contributed by atoms with van der Waals surface area (Å²) in [6.45, 7) is 1.23. The molecular weight excluding hydrogens is 426 g/mol. The van der Waals surface area contributed by atoms with Crippen molar-refractivity contribution in [1.82, 2.24) is 4.90 Å². The van der Waals surface area contributed by atoms with Gasteiger partial charge >= 0.3 is 0 Å². The highest BCUT2D eigenvalue weighted by molar-refractivity contribution is 5.94. The van der Waals surface area contributed by atoms with E-state index in [9.17, 15) is 13.6 Å². The fourth-order valence-corrected chi connectivity index (χ4v) is 3.72. The van der Waals surface area contributed by atoms with Gasteiger partial charge in [-0.15, -0.1) is 0 Å². The van der Waals surface area contributed by atoms with Gasteiger partial charge in [0.15, 0.2) is 11.6 Å². The Labute approximate surface area is 190 Å². The Bertz CT molecular complexity index is 1170. The van der Waals surface area contributed by atoms with Gasteiger partial charge in [-0.3, -0.25) is 4.79 Å². The topological polar surface area (TPSA) is 62.6 Å². The van der Waals surface area contributed by atoms with Crippen LogP contribution in [-0.4, -0.2) is 30.0 Å². The number of benzene rings is 3. The molecule has 1 saturated heterocycles. The van der Waals surface area contributed by atoms with Crippen molar-refractivity contribution in [3.63, 3.8) is 0 Å². The minimum atomic E-state index is -0.730. The van der Waals surface area contributed by atoms with Gasteiger partial charge in [0.25, 0.3) is 5.91 Å². The third kappa shape index (κ3) is 5.47. The Hall–Kier alpha value is -3.92. The molecule has 3 aromatic carbocycles. The van der Waals surface area contributed by atoms with Crippen LogP contribution in [0.1, 0.15) is 34.3 Å². The highest BCUT2D eigenvalue weighted by Crippen LogP contribution is 2.24. The summed E-state index contributed by atoms with van der Waals surface area (Å²) < 4.78 is 38.3. The molecule has 0 spiro atoms. The van der Waals surface area contributed by atoms with Crippen molar-refractivity contribution >= 4 is 5.91 Å². The zero-order chi connectivity index (χ0) is 23.2. The van der Waals surface area contributed by atoms with E-state index in [2.05, 4.69) is 6.07 Å². The van der Waals surface area contributed by atoms with Gasteiger partial charge in [0.1, 0.15) is 24.3 Å². The Morgan fingerprint density at radius 2 is 1.76 bits per heavy atom. The minimum Gasteiger partial charge on any atom is -0.489 e. The van der Waals surface area contributed by atoms with Crippen molar-refractivity contribution in [2.24, 2.45) is 0 Å². The van der Waals surface area contributed by atoms with Crippen molar-refractivity contribution in [1.29, 1.82) is 5.26 Å². The first-order chi connectivity index (χ1) is 16.0. The summed E-state index contributed by atoms with van der Waals surface area (Å²) in [5.74, 6) is -0.847. The van der Waals surface area contributed by atoms with Crippen LogP contribution in [0.2, 0.25) is 0 Å².